The number of hydrogen-bond acceptors (Lipinski definition) is 5. The van der Waals surface area contributed by atoms with Gasteiger partial charge in [-0.1, -0.05) is 0 Å². The Morgan fingerprint density at radius 2 is 2.00 bits per heavy atom. The molecule has 5 nitrogen and oxygen atoms in total. The van der Waals surface area contributed by atoms with Crippen LogP contribution in [0.2, 0.25) is 0 Å². The van der Waals surface area contributed by atoms with E-state index >= 15 is 0 Å². The summed E-state index contributed by atoms with van der Waals surface area (Å²) in [5.74, 6) is 0. The summed E-state index contributed by atoms with van der Waals surface area (Å²) in [6, 6.07) is 0.528. The van der Waals surface area contributed by atoms with Gasteiger partial charge in [-0.25, -0.2) is 15.0 Å². The Hall–Kier alpha value is -1.91. The third kappa shape index (κ3) is 2.03. The Balaban J connectivity index is 2.26. The Morgan fingerprint density at radius 3 is 2.62 bits per heavy atom. The molecule has 1 aliphatic rings. The molecule has 16 heavy (non-hydrogen) atoms. The van der Waals surface area contributed by atoms with Crippen LogP contribution >= 0.6 is 0 Å². The number of ether oxygens (including phenoxy) is 1. The van der Waals surface area contributed by atoms with Crippen LogP contribution in [0.5, 0.6) is 6.01 Å². The lowest BCUT2D eigenvalue weighted by molar-refractivity contribution is 0.376. The minimum absolute atomic E-state index is 0.142. The zero-order valence-corrected chi connectivity index (χ0v) is 9.58. The van der Waals surface area contributed by atoms with E-state index in [4.69, 9.17) is 4.74 Å². The predicted octanol–water partition coefficient (Wildman–Crippen LogP) is 1.40. The van der Waals surface area contributed by atoms with Gasteiger partial charge in [-0.05, 0) is 13.0 Å². The van der Waals surface area contributed by atoms with Gasteiger partial charge in [-0.3, -0.25) is 0 Å². The second-order valence-electron chi connectivity index (χ2n) is 3.67. The summed E-state index contributed by atoms with van der Waals surface area (Å²) in [6.45, 7) is 1.97. The van der Waals surface area contributed by atoms with E-state index in [1.807, 2.05) is 25.2 Å². The minimum atomic E-state index is 0.142. The van der Waals surface area contributed by atoms with E-state index in [2.05, 4.69) is 21.0 Å². The summed E-state index contributed by atoms with van der Waals surface area (Å²) >= 11 is 0. The zero-order valence-electron chi connectivity index (χ0n) is 9.58. The third-order valence-electron chi connectivity index (χ3n) is 2.45. The Kier molecular flexibility index (Phi) is 2.85. The summed E-state index contributed by atoms with van der Waals surface area (Å²) in [4.78, 5) is 14.4. The van der Waals surface area contributed by atoms with Crippen LogP contribution in [0.3, 0.4) is 0 Å². The molecule has 1 aromatic rings. The first kappa shape index (κ1) is 10.6. The lowest BCUT2D eigenvalue weighted by Gasteiger charge is -2.26. The summed E-state index contributed by atoms with van der Waals surface area (Å²) in [7, 11) is 3.53. The first-order chi connectivity index (χ1) is 7.70. The van der Waals surface area contributed by atoms with Crippen LogP contribution in [-0.2, 0) is 0 Å². The van der Waals surface area contributed by atoms with Crippen molar-refractivity contribution in [1.29, 1.82) is 0 Å². The number of aromatic nitrogens is 2. The van der Waals surface area contributed by atoms with Crippen molar-refractivity contribution in [2.75, 3.05) is 14.2 Å². The number of hydrogen-bond donors (Lipinski definition) is 0. The normalized spacial score (nSPS) is 19.6. The standard InChI is InChI=1S/C11H14N4O/c1-8-4-10(15(2)7-14-8)9-5-12-11(16-3)13-6-9/h4-7,10H,1-3H3. The van der Waals surface area contributed by atoms with E-state index in [0.717, 1.165) is 11.3 Å². The van der Waals surface area contributed by atoms with Gasteiger partial charge < -0.3 is 9.64 Å². The van der Waals surface area contributed by atoms with E-state index in [-0.39, 0.29) is 6.04 Å². The molecular formula is C11H14N4O. The second kappa shape index (κ2) is 4.30. The van der Waals surface area contributed by atoms with Crippen LogP contribution in [0.1, 0.15) is 18.5 Å². The molecule has 5 heteroatoms. The van der Waals surface area contributed by atoms with Crippen molar-refractivity contribution in [2.45, 2.75) is 13.0 Å². The largest absolute Gasteiger partial charge is 0.467 e. The maximum absolute atomic E-state index is 4.93. The van der Waals surface area contributed by atoms with Gasteiger partial charge in [0.15, 0.2) is 0 Å². The molecule has 0 amide bonds. The highest BCUT2D eigenvalue weighted by Gasteiger charge is 2.16. The predicted molar refractivity (Wildman–Crippen MR) is 61.3 cm³/mol. The molecule has 1 unspecified atom stereocenters. The number of aliphatic imine (C=N–C) groups is 1. The summed E-state index contributed by atoms with van der Waals surface area (Å²) < 4.78 is 4.93. The van der Waals surface area contributed by atoms with E-state index in [1.165, 1.54) is 0 Å². The van der Waals surface area contributed by atoms with Gasteiger partial charge in [-0.15, -0.1) is 0 Å². The number of nitrogens with zero attached hydrogens (tertiary/aromatic N) is 4. The SMILES string of the molecule is COc1ncc(C2C=C(C)N=CN2C)cn1. The molecule has 0 bridgehead atoms. The molecule has 1 aliphatic heterocycles. The fourth-order valence-corrected chi connectivity index (χ4v) is 1.56. The van der Waals surface area contributed by atoms with Crippen molar-refractivity contribution >= 4 is 6.34 Å². The molecular weight excluding hydrogens is 204 g/mol. The monoisotopic (exact) mass is 218 g/mol. The fraction of sp³-hybridized carbons (Fsp3) is 0.364. The number of rotatable bonds is 2. The topological polar surface area (TPSA) is 50.6 Å². The fourth-order valence-electron chi connectivity index (χ4n) is 1.56. The van der Waals surface area contributed by atoms with Gasteiger partial charge >= 0.3 is 6.01 Å². The summed E-state index contributed by atoms with van der Waals surface area (Å²) in [5.41, 5.74) is 2.02. The lowest BCUT2D eigenvalue weighted by atomic mass is 10.1. The third-order valence-corrected chi connectivity index (χ3v) is 2.45. The minimum Gasteiger partial charge on any atom is -0.467 e. The van der Waals surface area contributed by atoms with Crippen LogP contribution < -0.4 is 4.74 Å². The summed E-state index contributed by atoms with van der Waals surface area (Å²) in [5, 5.41) is 0. The van der Waals surface area contributed by atoms with Gasteiger partial charge in [0.05, 0.1) is 19.5 Å². The molecule has 0 aliphatic carbocycles. The molecule has 0 N–H and O–H groups in total. The highest BCUT2D eigenvalue weighted by atomic mass is 16.5. The number of methoxy groups -OCH3 is 1. The molecule has 0 radical (unpaired) electrons. The zero-order chi connectivity index (χ0) is 11.5. The molecule has 2 rings (SSSR count). The molecule has 0 fully saturated rings. The smallest absolute Gasteiger partial charge is 0.316 e. The molecule has 0 aromatic carbocycles. The van der Waals surface area contributed by atoms with E-state index in [0.29, 0.717) is 6.01 Å². The quantitative estimate of drug-likeness (QED) is 0.753. The van der Waals surface area contributed by atoms with Gasteiger partial charge in [-0.2, -0.15) is 0 Å². The Bertz CT molecular complexity index is 424. The van der Waals surface area contributed by atoms with Crippen LogP contribution in [0.15, 0.2) is 29.2 Å². The van der Waals surface area contributed by atoms with Crippen LogP contribution in [0.4, 0.5) is 0 Å². The average Bonchev–Trinajstić information content (AvgIpc) is 2.32. The van der Waals surface area contributed by atoms with Gasteiger partial charge in [0.2, 0.25) is 0 Å². The van der Waals surface area contributed by atoms with Crippen LogP contribution in [0.25, 0.3) is 0 Å². The van der Waals surface area contributed by atoms with Crippen molar-refractivity contribution in [3.63, 3.8) is 0 Å². The Morgan fingerprint density at radius 1 is 1.31 bits per heavy atom. The van der Waals surface area contributed by atoms with Crippen LogP contribution in [0, 0.1) is 0 Å². The van der Waals surface area contributed by atoms with E-state index < -0.39 is 0 Å². The number of allylic oxidation sites excluding steroid dienone is 1. The molecule has 84 valence electrons. The van der Waals surface area contributed by atoms with Crippen molar-refractivity contribution in [3.05, 3.63) is 29.7 Å². The van der Waals surface area contributed by atoms with Gasteiger partial charge in [0.25, 0.3) is 0 Å². The molecule has 1 aromatic heterocycles. The van der Waals surface area contributed by atoms with Gasteiger partial charge in [0, 0.05) is 30.7 Å². The van der Waals surface area contributed by atoms with Crippen molar-refractivity contribution in [1.82, 2.24) is 14.9 Å². The van der Waals surface area contributed by atoms with Gasteiger partial charge in [0.1, 0.15) is 0 Å². The molecule has 1 atom stereocenters. The van der Waals surface area contributed by atoms with E-state index in [9.17, 15) is 0 Å². The molecule has 2 heterocycles. The van der Waals surface area contributed by atoms with Crippen LogP contribution in [-0.4, -0.2) is 35.4 Å². The lowest BCUT2D eigenvalue weighted by Crippen LogP contribution is -2.24. The first-order valence-corrected chi connectivity index (χ1v) is 5.01. The maximum atomic E-state index is 4.93. The molecule has 0 saturated carbocycles. The molecule has 0 saturated heterocycles. The summed E-state index contributed by atoms with van der Waals surface area (Å²) in [6.07, 6.45) is 7.43. The number of likely N-dealkylation sites (N-methyl/N-ethyl adjacent to an activating group) is 1. The van der Waals surface area contributed by atoms with Crippen molar-refractivity contribution in [2.24, 2.45) is 4.99 Å². The second-order valence-corrected chi connectivity index (χ2v) is 3.67. The van der Waals surface area contributed by atoms with Crippen molar-refractivity contribution < 1.29 is 4.74 Å². The highest BCUT2D eigenvalue weighted by molar-refractivity contribution is 5.59. The average molecular weight is 218 g/mol. The first-order valence-electron chi connectivity index (χ1n) is 5.01. The molecule has 0 spiro atoms. The maximum Gasteiger partial charge on any atom is 0.316 e. The Labute approximate surface area is 94.5 Å². The highest BCUT2D eigenvalue weighted by Crippen LogP contribution is 2.23. The van der Waals surface area contributed by atoms with E-state index in [1.54, 1.807) is 19.5 Å². The van der Waals surface area contributed by atoms with Crippen molar-refractivity contribution in [3.8, 4) is 6.01 Å².